The molecule has 0 radical (unpaired) electrons. The molecule has 2 saturated carbocycles. The van der Waals surface area contributed by atoms with Gasteiger partial charge in [0.2, 0.25) is 0 Å². The molecule has 0 heterocycles. The molecule has 0 aliphatic heterocycles. The van der Waals surface area contributed by atoms with Gasteiger partial charge in [-0.2, -0.15) is 0 Å². The van der Waals surface area contributed by atoms with E-state index in [0.717, 1.165) is 25.7 Å². The van der Waals surface area contributed by atoms with Gasteiger partial charge in [0.1, 0.15) is 5.78 Å². The number of rotatable bonds is 1. The number of fused-ring (bicyclic) bond motifs is 1. The molecule has 2 aliphatic rings. The van der Waals surface area contributed by atoms with Crippen molar-refractivity contribution in [3.05, 3.63) is 0 Å². The fourth-order valence-electron chi connectivity index (χ4n) is 3.43. The Balaban J connectivity index is 2.26. The monoisotopic (exact) mass is 224 g/mol. The van der Waals surface area contributed by atoms with Crippen LogP contribution in [0.3, 0.4) is 0 Å². The Kier molecular flexibility index (Phi) is 3.31. The van der Waals surface area contributed by atoms with Gasteiger partial charge >= 0.3 is 5.97 Å². The summed E-state index contributed by atoms with van der Waals surface area (Å²) in [5.41, 5.74) is -0.334. The number of methoxy groups -OCH3 is 1. The second-order valence-electron chi connectivity index (χ2n) is 5.19. The lowest BCUT2D eigenvalue weighted by Crippen LogP contribution is -2.43. The first-order chi connectivity index (χ1) is 7.69. The number of esters is 1. The normalized spacial score (nSPS) is 35.1. The molecule has 3 nitrogen and oxygen atoms in total. The highest BCUT2D eigenvalue weighted by atomic mass is 16.5. The van der Waals surface area contributed by atoms with E-state index < -0.39 is 0 Å². The molecule has 16 heavy (non-hydrogen) atoms. The van der Waals surface area contributed by atoms with Crippen LogP contribution in [-0.4, -0.2) is 18.9 Å². The number of carbonyl (C=O) groups is 2. The maximum Gasteiger partial charge on any atom is 0.312 e. The lowest BCUT2D eigenvalue weighted by Gasteiger charge is -2.40. The smallest absolute Gasteiger partial charge is 0.312 e. The molecule has 0 aromatic heterocycles. The Bertz CT molecular complexity index is 298. The van der Waals surface area contributed by atoms with E-state index in [1.54, 1.807) is 0 Å². The van der Waals surface area contributed by atoms with E-state index in [1.807, 2.05) is 0 Å². The van der Waals surface area contributed by atoms with E-state index in [9.17, 15) is 9.59 Å². The molecule has 0 amide bonds. The molecule has 0 bridgehead atoms. The van der Waals surface area contributed by atoms with Crippen molar-refractivity contribution in [2.24, 2.45) is 11.3 Å². The van der Waals surface area contributed by atoms with Crippen molar-refractivity contribution in [1.29, 1.82) is 0 Å². The van der Waals surface area contributed by atoms with Gasteiger partial charge in [-0.3, -0.25) is 9.59 Å². The summed E-state index contributed by atoms with van der Waals surface area (Å²) in [6.07, 6.45) is 7.22. The van der Waals surface area contributed by atoms with Gasteiger partial charge in [0.05, 0.1) is 12.5 Å². The molecule has 0 unspecified atom stereocenters. The number of ketones is 1. The van der Waals surface area contributed by atoms with Crippen LogP contribution in [-0.2, 0) is 14.3 Å². The predicted molar refractivity (Wildman–Crippen MR) is 59.9 cm³/mol. The van der Waals surface area contributed by atoms with Gasteiger partial charge in [0.15, 0.2) is 0 Å². The first kappa shape index (κ1) is 11.6. The van der Waals surface area contributed by atoms with Gasteiger partial charge in [0.25, 0.3) is 0 Å². The highest BCUT2D eigenvalue weighted by molar-refractivity contribution is 5.85. The van der Waals surface area contributed by atoms with E-state index in [-0.39, 0.29) is 17.3 Å². The first-order valence-corrected chi connectivity index (χ1v) is 6.29. The molecular weight excluding hydrogens is 204 g/mol. The highest BCUT2D eigenvalue weighted by Gasteiger charge is 2.49. The third-order valence-electron chi connectivity index (χ3n) is 4.37. The summed E-state index contributed by atoms with van der Waals surface area (Å²) in [5.74, 6) is 0.488. The topological polar surface area (TPSA) is 43.4 Å². The molecule has 2 atom stereocenters. The van der Waals surface area contributed by atoms with Crippen LogP contribution < -0.4 is 0 Å². The second kappa shape index (κ2) is 4.56. The van der Waals surface area contributed by atoms with Crippen molar-refractivity contribution in [2.75, 3.05) is 7.11 Å². The molecule has 3 heteroatoms. The van der Waals surface area contributed by atoms with Gasteiger partial charge in [-0.25, -0.2) is 0 Å². The maximum atomic E-state index is 12.0. The minimum Gasteiger partial charge on any atom is -0.469 e. The highest BCUT2D eigenvalue weighted by Crippen LogP contribution is 2.49. The molecule has 0 aromatic carbocycles. The molecule has 0 spiro atoms. The minimum atomic E-state index is -0.334. The fraction of sp³-hybridized carbons (Fsp3) is 0.846. The summed E-state index contributed by atoms with van der Waals surface area (Å²) < 4.78 is 4.99. The number of carbonyl (C=O) groups excluding carboxylic acids is 2. The van der Waals surface area contributed by atoms with Crippen molar-refractivity contribution >= 4 is 11.8 Å². The lowest BCUT2D eigenvalue weighted by atomic mass is 9.63. The zero-order chi connectivity index (χ0) is 11.6. The van der Waals surface area contributed by atoms with E-state index in [0.29, 0.717) is 25.0 Å². The lowest BCUT2D eigenvalue weighted by molar-refractivity contribution is -0.160. The Labute approximate surface area is 96.5 Å². The SMILES string of the molecule is COC(=O)[C@]12CCCCC[C@@H]1CC(=O)CC2. The quantitative estimate of drug-likeness (QED) is 0.643. The van der Waals surface area contributed by atoms with Crippen LogP contribution in [0.2, 0.25) is 0 Å². The van der Waals surface area contributed by atoms with Crippen molar-refractivity contribution in [3.63, 3.8) is 0 Å². The van der Waals surface area contributed by atoms with Crippen molar-refractivity contribution in [3.8, 4) is 0 Å². The zero-order valence-corrected chi connectivity index (χ0v) is 9.96. The van der Waals surface area contributed by atoms with Gasteiger partial charge < -0.3 is 4.74 Å². The van der Waals surface area contributed by atoms with Crippen LogP contribution in [0.4, 0.5) is 0 Å². The molecule has 0 aromatic rings. The fourth-order valence-corrected chi connectivity index (χ4v) is 3.43. The standard InChI is InChI=1S/C13H20O3/c1-16-12(15)13-7-4-2-3-5-10(13)9-11(14)6-8-13/h10H,2-9H2,1H3/t10-,13+/m1/s1. The summed E-state index contributed by atoms with van der Waals surface area (Å²) in [4.78, 5) is 23.6. The predicted octanol–water partition coefficient (Wildman–Crippen LogP) is 2.48. The summed E-state index contributed by atoms with van der Waals surface area (Å²) in [7, 11) is 1.47. The summed E-state index contributed by atoms with van der Waals surface area (Å²) in [6.45, 7) is 0. The van der Waals surface area contributed by atoms with E-state index in [2.05, 4.69) is 0 Å². The van der Waals surface area contributed by atoms with Gasteiger partial charge in [-0.05, 0) is 25.2 Å². The molecule has 2 aliphatic carbocycles. The zero-order valence-electron chi connectivity index (χ0n) is 9.96. The molecule has 0 N–H and O–H groups in total. The van der Waals surface area contributed by atoms with Crippen LogP contribution in [0, 0.1) is 11.3 Å². The van der Waals surface area contributed by atoms with E-state index in [4.69, 9.17) is 4.74 Å². The van der Waals surface area contributed by atoms with Crippen molar-refractivity contribution < 1.29 is 14.3 Å². The van der Waals surface area contributed by atoms with E-state index >= 15 is 0 Å². The summed E-state index contributed by atoms with van der Waals surface area (Å²) in [6, 6.07) is 0. The van der Waals surface area contributed by atoms with Crippen LogP contribution in [0.25, 0.3) is 0 Å². The van der Waals surface area contributed by atoms with Crippen molar-refractivity contribution in [2.45, 2.75) is 51.4 Å². The number of hydrogen-bond acceptors (Lipinski definition) is 3. The minimum absolute atomic E-state index is 0.0769. The Morgan fingerprint density at radius 2 is 2.12 bits per heavy atom. The van der Waals surface area contributed by atoms with Crippen LogP contribution in [0.15, 0.2) is 0 Å². The number of Topliss-reactive ketones (excluding diaryl/α,β-unsaturated/α-hetero) is 1. The molecule has 2 rings (SSSR count). The van der Waals surface area contributed by atoms with E-state index in [1.165, 1.54) is 13.5 Å². The molecule has 0 saturated heterocycles. The Morgan fingerprint density at radius 3 is 2.88 bits per heavy atom. The third-order valence-corrected chi connectivity index (χ3v) is 4.37. The number of ether oxygens (including phenoxy) is 1. The van der Waals surface area contributed by atoms with Gasteiger partial charge in [0, 0.05) is 12.8 Å². The second-order valence-corrected chi connectivity index (χ2v) is 5.19. The average molecular weight is 224 g/mol. The first-order valence-electron chi connectivity index (χ1n) is 6.29. The van der Waals surface area contributed by atoms with Crippen molar-refractivity contribution in [1.82, 2.24) is 0 Å². The summed E-state index contributed by atoms with van der Waals surface area (Å²) >= 11 is 0. The largest absolute Gasteiger partial charge is 0.469 e. The summed E-state index contributed by atoms with van der Waals surface area (Å²) in [5, 5.41) is 0. The number of hydrogen-bond donors (Lipinski definition) is 0. The van der Waals surface area contributed by atoms with Crippen LogP contribution in [0.5, 0.6) is 0 Å². The van der Waals surface area contributed by atoms with Gasteiger partial charge in [-0.1, -0.05) is 19.3 Å². The molecular formula is C13H20O3. The Morgan fingerprint density at radius 1 is 1.31 bits per heavy atom. The maximum absolute atomic E-state index is 12.0. The third kappa shape index (κ3) is 1.87. The van der Waals surface area contributed by atoms with Gasteiger partial charge in [-0.15, -0.1) is 0 Å². The Hall–Kier alpha value is -0.860. The molecule has 90 valence electrons. The van der Waals surface area contributed by atoms with Crippen LogP contribution >= 0.6 is 0 Å². The van der Waals surface area contributed by atoms with Crippen LogP contribution in [0.1, 0.15) is 51.4 Å². The molecule has 2 fully saturated rings. The average Bonchev–Trinajstić information content (AvgIpc) is 2.50.